The number of nitrogen functional groups attached to an aromatic ring is 1. The quantitative estimate of drug-likeness (QED) is 0.944. The number of nitrogens with two attached hydrogens (primary N) is 1. The van der Waals surface area contributed by atoms with Crippen LogP contribution in [0.15, 0.2) is 12.3 Å². The number of thiophene rings is 1. The second-order valence-electron chi connectivity index (χ2n) is 5.65. The molecule has 2 heterocycles. The first kappa shape index (κ1) is 13.4. The summed E-state index contributed by atoms with van der Waals surface area (Å²) >= 11 is 1.40. The largest absolute Gasteiger partial charge is 0.397 e. The van der Waals surface area contributed by atoms with Crippen LogP contribution in [0.3, 0.4) is 0 Å². The summed E-state index contributed by atoms with van der Waals surface area (Å²) in [6.07, 6.45) is 4.21. The minimum Gasteiger partial charge on any atom is -0.397 e. The Kier molecular flexibility index (Phi) is 3.17. The first-order valence-electron chi connectivity index (χ1n) is 6.91. The minimum atomic E-state index is 0.0179. The minimum absolute atomic E-state index is 0.0179. The standard InChI is InChI=1S/C15H19N3OS/c1-8-6-7-17-14-11(8)12(16)13(20-14)15(19)18(3)9(2)10-4-5-10/h6-7,9-10H,4-5,16H2,1-3H3. The van der Waals surface area contributed by atoms with E-state index in [0.29, 0.717) is 16.5 Å². The van der Waals surface area contributed by atoms with Gasteiger partial charge in [-0.1, -0.05) is 0 Å². The molecule has 2 aromatic heterocycles. The van der Waals surface area contributed by atoms with E-state index in [1.54, 1.807) is 6.20 Å². The van der Waals surface area contributed by atoms with Crippen molar-refractivity contribution in [3.63, 3.8) is 0 Å². The number of anilines is 1. The summed E-state index contributed by atoms with van der Waals surface area (Å²) in [5.74, 6) is 0.670. The average molecular weight is 289 g/mol. The molecule has 106 valence electrons. The van der Waals surface area contributed by atoms with E-state index in [4.69, 9.17) is 5.73 Å². The van der Waals surface area contributed by atoms with Gasteiger partial charge in [0.05, 0.1) is 5.69 Å². The Balaban J connectivity index is 1.99. The molecule has 0 aromatic carbocycles. The molecule has 20 heavy (non-hydrogen) atoms. The third kappa shape index (κ3) is 2.06. The number of rotatable bonds is 3. The van der Waals surface area contributed by atoms with Gasteiger partial charge in [0, 0.05) is 24.7 Å². The lowest BCUT2D eigenvalue weighted by Gasteiger charge is -2.24. The van der Waals surface area contributed by atoms with E-state index in [2.05, 4.69) is 11.9 Å². The van der Waals surface area contributed by atoms with Gasteiger partial charge in [-0.15, -0.1) is 11.3 Å². The zero-order valence-corrected chi connectivity index (χ0v) is 12.8. The summed E-state index contributed by atoms with van der Waals surface area (Å²) in [5, 5.41) is 0.924. The Morgan fingerprint density at radius 2 is 2.25 bits per heavy atom. The van der Waals surface area contributed by atoms with Crippen molar-refractivity contribution in [3.8, 4) is 0 Å². The number of amides is 1. The van der Waals surface area contributed by atoms with E-state index in [0.717, 1.165) is 15.8 Å². The van der Waals surface area contributed by atoms with Gasteiger partial charge < -0.3 is 10.6 Å². The molecule has 2 aromatic rings. The van der Waals surface area contributed by atoms with Crippen molar-refractivity contribution >= 4 is 33.1 Å². The zero-order chi connectivity index (χ0) is 14.4. The van der Waals surface area contributed by atoms with E-state index in [1.165, 1.54) is 24.2 Å². The Bertz CT molecular complexity index is 675. The third-order valence-corrected chi connectivity index (χ3v) is 5.37. The van der Waals surface area contributed by atoms with Crippen LogP contribution in [0.25, 0.3) is 10.2 Å². The summed E-state index contributed by atoms with van der Waals surface area (Å²) in [6, 6.07) is 2.21. The molecule has 4 nitrogen and oxygen atoms in total. The lowest BCUT2D eigenvalue weighted by Crippen LogP contribution is -2.36. The third-order valence-electron chi connectivity index (χ3n) is 4.27. The van der Waals surface area contributed by atoms with Crippen molar-refractivity contribution in [1.82, 2.24) is 9.88 Å². The van der Waals surface area contributed by atoms with Gasteiger partial charge in [-0.05, 0) is 44.2 Å². The molecule has 0 saturated heterocycles. The highest BCUT2D eigenvalue weighted by Gasteiger charge is 2.34. The number of carbonyl (C=O) groups is 1. The SMILES string of the molecule is Cc1ccnc2sc(C(=O)N(C)C(C)C3CC3)c(N)c12. The molecule has 0 aliphatic heterocycles. The van der Waals surface area contributed by atoms with Crippen LogP contribution in [0.5, 0.6) is 0 Å². The Morgan fingerprint density at radius 3 is 2.85 bits per heavy atom. The maximum atomic E-state index is 12.6. The summed E-state index contributed by atoms with van der Waals surface area (Å²) < 4.78 is 0. The molecular weight excluding hydrogens is 270 g/mol. The predicted molar refractivity (Wildman–Crippen MR) is 83.0 cm³/mol. The van der Waals surface area contributed by atoms with Crippen molar-refractivity contribution < 1.29 is 4.79 Å². The van der Waals surface area contributed by atoms with Crippen molar-refractivity contribution in [1.29, 1.82) is 0 Å². The van der Waals surface area contributed by atoms with Gasteiger partial charge in [0.15, 0.2) is 0 Å². The smallest absolute Gasteiger partial charge is 0.266 e. The van der Waals surface area contributed by atoms with Crippen molar-refractivity contribution in [2.75, 3.05) is 12.8 Å². The molecule has 3 rings (SSSR count). The van der Waals surface area contributed by atoms with Gasteiger partial charge in [0.25, 0.3) is 5.91 Å². The van der Waals surface area contributed by atoms with Crippen LogP contribution in [0.1, 0.15) is 35.0 Å². The topological polar surface area (TPSA) is 59.2 Å². The lowest BCUT2D eigenvalue weighted by atomic mass is 10.1. The number of pyridine rings is 1. The molecule has 1 fully saturated rings. The van der Waals surface area contributed by atoms with E-state index < -0.39 is 0 Å². The first-order chi connectivity index (χ1) is 9.50. The van der Waals surface area contributed by atoms with Gasteiger partial charge in [-0.25, -0.2) is 4.98 Å². The molecule has 1 amide bonds. The van der Waals surface area contributed by atoms with Gasteiger partial charge in [0.1, 0.15) is 9.71 Å². The number of hydrogen-bond donors (Lipinski definition) is 1. The Labute approximate surface area is 122 Å². The molecular formula is C15H19N3OS. The van der Waals surface area contributed by atoms with E-state index in [1.807, 2.05) is 24.9 Å². The molecule has 1 saturated carbocycles. The maximum Gasteiger partial charge on any atom is 0.266 e. The monoisotopic (exact) mass is 289 g/mol. The normalized spacial score (nSPS) is 16.4. The van der Waals surface area contributed by atoms with Crippen LogP contribution in [-0.4, -0.2) is 28.9 Å². The fourth-order valence-corrected chi connectivity index (χ4v) is 3.73. The number of nitrogens with zero attached hydrogens (tertiary/aromatic N) is 2. The average Bonchev–Trinajstić information content (AvgIpc) is 3.21. The summed E-state index contributed by atoms with van der Waals surface area (Å²) in [7, 11) is 1.87. The second-order valence-corrected chi connectivity index (χ2v) is 6.65. The number of fused-ring (bicyclic) bond motifs is 1. The highest BCUT2D eigenvalue weighted by molar-refractivity contribution is 7.21. The Morgan fingerprint density at radius 1 is 1.55 bits per heavy atom. The molecule has 1 aliphatic rings. The summed E-state index contributed by atoms with van der Waals surface area (Å²) in [4.78, 5) is 20.3. The van der Waals surface area contributed by atoms with E-state index in [9.17, 15) is 4.79 Å². The van der Waals surface area contributed by atoms with Crippen molar-refractivity contribution in [2.24, 2.45) is 5.92 Å². The van der Waals surface area contributed by atoms with Gasteiger partial charge >= 0.3 is 0 Å². The first-order valence-corrected chi connectivity index (χ1v) is 7.73. The highest BCUT2D eigenvalue weighted by atomic mass is 32.1. The number of carbonyl (C=O) groups excluding carboxylic acids is 1. The second kappa shape index (κ2) is 4.74. The van der Waals surface area contributed by atoms with Crippen LogP contribution in [0.2, 0.25) is 0 Å². The van der Waals surface area contributed by atoms with Gasteiger partial charge in [0.2, 0.25) is 0 Å². The molecule has 1 atom stereocenters. The van der Waals surface area contributed by atoms with Gasteiger partial charge in [-0.3, -0.25) is 4.79 Å². The van der Waals surface area contributed by atoms with Crippen molar-refractivity contribution in [3.05, 3.63) is 22.7 Å². The number of aromatic nitrogens is 1. The van der Waals surface area contributed by atoms with Crippen LogP contribution in [-0.2, 0) is 0 Å². The zero-order valence-electron chi connectivity index (χ0n) is 12.0. The van der Waals surface area contributed by atoms with E-state index >= 15 is 0 Å². The molecule has 0 bridgehead atoms. The molecule has 1 aliphatic carbocycles. The number of aryl methyl sites for hydroxylation is 1. The molecule has 5 heteroatoms. The summed E-state index contributed by atoms with van der Waals surface area (Å²) in [5.41, 5.74) is 7.84. The molecule has 0 radical (unpaired) electrons. The van der Waals surface area contributed by atoms with Crippen LogP contribution < -0.4 is 5.73 Å². The maximum absolute atomic E-state index is 12.6. The summed E-state index contributed by atoms with van der Waals surface area (Å²) in [6.45, 7) is 4.11. The van der Waals surface area contributed by atoms with Crippen molar-refractivity contribution in [2.45, 2.75) is 32.7 Å². The molecule has 1 unspecified atom stereocenters. The molecule has 0 spiro atoms. The van der Waals surface area contributed by atoms with Crippen LogP contribution >= 0.6 is 11.3 Å². The fraction of sp³-hybridized carbons (Fsp3) is 0.467. The van der Waals surface area contributed by atoms with Gasteiger partial charge in [-0.2, -0.15) is 0 Å². The highest BCUT2D eigenvalue weighted by Crippen LogP contribution is 2.38. The van der Waals surface area contributed by atoms with Crippen LogP contribution in [0, 0.1) is 12.8 Å². The Hall–Kier alpha value is -1.62. The fourth-order valence-electron chi connectivity index (χ4n) is 2.60. The van der Waals surface area contributed by atoms with E-state index in [-0.39, 0.29) is 11.9 Å². The molecule has 2 N–H and O–H groups in total. The number of hydrogen-bond acceptors (Lipinski definition) is 4. The lowest BCUT2D eigenvalue weighted by molar-refractivity contribution is 0.0733. The van der Waals surface area contributed by atoms with Crippen LogP contribution in [0.4, 0.5) is 5.69 Å². The predicted octanol–water partition coefficient (Wildman–Crippen LogP) is 3.06.